The normalized spacial score (nSPS) is 15.8. The van der Waals surface area contributed by atoms with Gasteiger partial charge in [0.25, 0.3) is 0 Å². The van der Waals surface area contributed by atoms with Gasteiger partial charge in [0.15, 0.2) is 0 Å². The summed E-state index contributed by atoms with van der Waals surface area (Å²) in [7, 11) is 1.58. The van der Waals surface area contributed by atoms with Gasteiger partial charge in [-0.1, -0.05) is 17.7 Å². The van der Waals surface area contributed by atoms with Crippen LogP contribution in [0.4, 0.5) is 0 Å². The third kappa shape index (κ3) is 2.70. The van der Waals surface area contributed by atoms with Crippen LogP contribution in [-0.4, -0.2) is 18.0 Å². The van der Waals surface area contributed by atoms with Crippen LogP contribution in [0.5, 0.6) is 5.75 Å². The van der Waals surface area contributed by atoms with Crippen molar-refractivity contribution in [1.82, 2.24) is 0 Å². The van der Waals surface area contributed by atoms with Gasteiger partial charge in [-0.3, -0.25) is 0 Å². The second kappa shape index (κ2) is 5.98. The largest absolute Gasteiger partial charge is 0.495 e. The van der Waals surface area contributed by atoms with E-state index in [9.17, 15) is 5.11 Å². The van der Waals surface area contributed by atoms with Crippen LogP contribution in [0.15, 0.2) is 24.3 Å². The highest BCUT2D eigenvalue weighted by atomic mass is 35.5. The fraction of sp³-hybridized carbons (Fsp3) is 0.333. The van der Waals surface area contributed by atoms with Gasteiger partial charge in [-0.25, -0.2) is 0 Å². The van der Waals surface area contributed by atoms with Crippen molar-refractivity contribution < 1.29 is 9.84 Å². The van der Waals surface area contributed by atoms with E-state index < -0.39 is 6.10 Å². The molecule has 2 nitrogen and oxygen atoms in total. The summed E-state index contributed by atoms with van der Waals surface area (Å²) in [6.45, 7) is 0. The van der Waals surface area contributed by atoms with Crippen molar-refractivity contribution in [2.75, 3.05) is 12.9 Å². The minimum atomic E-state index is -0.609. The maximum atomic E-state index is 10.6. The third-order valence-electron chi connectivity index (χ3n) is 3.41. The number of thiophene rings is 1. The van der Waals surface area contributed by atoms with Crippen LogP contribution >= 0.6 is 34.7 Å². The van der Waals surface area contributed by atoms with Crippen LogP contribution in [0.2, 0.25) is 5.02 Å². The second-order valence-corrected chi connectivity index (χ2v) is 7.38. The van der Waals surface area contributed by atoms with Gasteiger partial charge < -0.3 is 9.84 Å². The summed E-state index contributed by atoms with van der Waals surface area (Å²) in [5, 5.41) is 11.1. The molecule has 2 heterocycles. The number of benzene rings is 1. The highest BCUT2D eigenvalue weighted by molar-refractivity contribution is 7.98. The molecule has 20 heavy (non-hydrogen) atoms. The molecule has 1 unspecified atom stereocenters. The molecule has 106 valence electrons. The summed E-state index contributed by atoms with van der Waals surface area (Å²) in [5.41, 5.74) is 2.19. The number of aliphatic hydroxyl groups is 1. The molecule has 0 fully saturated rings. The van der Waals surface area contributed by atoms with E-state index in [-0.39, 0.29) is 0 Å². The Labute approximate surface area is 131 Å². The lowest BCUT2D eigenvalue weighted by atomic mass is 10.1. The number of ether oxygens (including phenoxy) is 1. The van der Waals surface area contributed by atoms with Crippen molar-refractivity contribution in [3.63, 3.8) is 0 Å². The fourth-order valence-electron chi connectivity index (χ4n) is 2.32. The van der Waals surface area contributed by atoms with Gasteiger partial charge >= 0.3 is 0 Å². The van der Waals surface area contributed by atoms with Crippen molar-refractivity contribution in [2.45, 2.75) is 18.3 Å². The molecule has 2 aromatic rings. The zero-order valence-electron chi connectivity index (χ0n) is 11.1. The average Bonchev–Trinajstić information content (AvgIpc) is 2.91. The van der Waals surface area contributed by atoms with Crippen LogP contribution in [0, 0.1) is 0 Å². The van der Waals surface area contributed by atoms with E-state index in [1.54, 1.807) is 30.6 Å². The number of fused-ring (bicyclic) bond motifs is 1. The number of rotatable bonds is 3. The van der Waals surface area contributed by atoms with Crippen molar-refractivity contribution in [2.24, 2.45) is 0 Å². The Morgan fingerprint density at radius 1 is 1.35 bits per heavy atom. The minimum absolute atomic E-state index is 0.560. The van der Waals surface area contributed by atoms with Crippen molar-refractivity contribution in [3.05, 3.63) is 50.2 Å². The zero-order chi connectivity index (χ0) is 14.1. The number of hydrogen-bond acceptors (Lipinski definition) is 4. The molecule has 1 N–H and O–H groups in total. The molecule has 1 atom stereocenters. The molecule has 0 spiro atoms. The van der Waals surface area contributed by atoms with Gasteiger partial charge in [0, 0.05) is 15.5 Å². The van der Waals surface area contributed by atoms with Crippen molar-refractivity contribution in [1.29, 1.82) is 0 Å². The summed E-state index contributed by atoms with van der Waals surface area (Å²) in [6, 6.07) is 7.56. The fourth-order valence-corrected chi connectivity index (χ4v) is 4.90. The quantitative estimate of drug-likeness (QED) is 0.912. The van der Waals surface area contributed by atoms with Crippen molar-refractivity contribution in [3.8, 4) is 5.75 Å². The Morgan fingerprint density at radius 2 is 2.20 bits per heavy atom. The van der Waals surface area contributed by atoms with E-state index in [0.29, 0.717) is 10.8 Å². The van der Waals surface area contributed by atoms with E-state index in [2.05, 4.69) is 6.07 Å². The van der Waals surface area contributed by atoms with E-state index in [1.807, 2.05) is 17.8 Å². The summed E-state index contributed by atoms with van der Waals surface area (Å²) < 4.78 is 5.21. The first-order valence-corrected chi connectivity index (χ1v) is 8.74. The molecule has 5 heteroatoms. The predicted octanol–water partition coefficient (Wildman–Crippen LogP) is 4.28. The Bertz CT molecular complexity index is 601. The standard InChI is InChI=1S/C15H15ClO2S2/c1-18-12-6-9(2-3-11(12)16)15(17)14-7-10-8-19-5-4-13(10)20-14/h2-3,6-7,15,17H,4-5,8H2,1H3. The molecule has 0 saturated carbocycles. The van der Waals surface area contributed by atoms with Crippen molar-refractivity contribution >= 4 is 34.7 Å². The number of methoxy groups -OCH3 is 1. The van der Waals surface area contributed by atoms with E-state index in [0.717, 1.165) is 22.6 Å². The summed E-state index contributed by atoms with van der Waals surface area (Å²) in [6.07, 6.45) is 0.503. The molecule has 0 radical (unpaired) electrons. The Kier molecular flexibility index (Phi) is 4.26. The second-order valence-electron chi connectivity index (χ2n) is 4.70. The van der Waals surface area contributed by atoms with E-state index in [4.69, 9.17) is 16.3 Å². The molecular weight excluding hydrogens is 312 g/mol. The van der Waals surface area contributed by atoms with Gasteiger partial charge in [0.05, 0.1) is 12.1 Å². The summed E-state index contributed by atoms with van der Waals surface area (Å²) in [4.78, 5) is 2.42. The highest BCUT2D eigenvalue weighted by Gasteiger charge is 2.19. The van der Waals surface area contributed by atoms with Gasteiger partial charge in [-0.15, -0.1) is 11.3 Å². The van der Waals surface area contributed by atoms with Crippen LogP contribution in [-0.2, 0) is 12.2 Å². The lowest BCUT2D eigenvalue weighted by Crippen LogP contribution is -1.98. The smallest absolute Gasteiger partial charge is 0.137 e. The Morgan fingerprint density at radius 3 is 2.95 bits per heavy atom. The zero-order valence-corrected chi connectivity index (χ0v) is 13.4. The molecule has 1 aliphatic heterocycles. The molecule has 0 aliphatic carbocycles. The topological polar surface area (TPSA) is 29.5 Å². The lowest BCUT2D eigenvalue weighted by molar-refractivity contribution is 0.223. The average molecular weight is 327 g/mol. The molecule has 0 bridgehead atoms. The first kappa shape index (κ1) is 14.3. The predicted molar refractivity (Wildman–Crippen MR) is 86.3 cm³/mol. The molecule has 1 aromatic heterocycles. The van der Waals surface area contributed by atoms with E-state index >= 15 is 0 Å². The van der Waals surface area contributed by atoms with Gasteiger partial charge in [-0.05, 0) is 41.5 Å². The SMILES string of the molecule is COc1cc(C(O)c2cc3c(s2)CCSC3)ccc1Cl. The number of halogens is 1. The van der Waals surface area contributed by atoms with Crippen LogP contribution in [0.3, 0.4) is 0 Å². The Hall–Kier alpha value is -0.680. The number of thioether (sulfide) groups is 1. The lowest BCUT2D eigenvalue weighted by Gasteiger charge is -2.11. The van der Waals surface area contributed by atoms with Crippen LogP contribution in [0.25, 0.3) is 0 Å². The highest BCUT2D eigenvalue weighted by Crippen LogP contribution is 2.37. The number of aliphatic hydroxyl groups excluding tert-OH is 1. The molecule has 0 amide bonds. The third-order valence-corrected chi connectivity index (χ3v) is 6.02. The molecular formula is C15H15ClO2S2. The van der Waals surface area contributed by atoms with Gasteiger partial charge in [-0.2, -0.15) is 11.8 Å². The number of aryl methyl sites for hydroxylation is 1. The van der Waals surface area contributed by atoms with Crippen LogP contribution in [0.1, 0.15) is 27.0 Å². The monoisotopic (exact) mass is 326 g/mol. The molecule has 3 rings (SSSR count). The summed E-state index contributed by atoms with van der Waals surface area (Å²) in [5.74, 6) is 2.83. The van der Waals surface area contributed by atoms with E-state index in [1.165, 1.54) is 16.2 Å². The van der Waals surface area contributed by atoms with Gasteiger partial charge in [0.2, 0.25) is 0 Å². The summed E-state index contributed by atoms with van der Waals surface area (Å²) >= 11 is 9.70. The molecule has 0 saturated heterocycles. The Balaban J connectivity index is 1.91. The minimum Gasteiger partial charge on any atom is -0.495 e. The maximum absolute atomic E-state index is 10.6. The van der Waals surface area contributed by atoms with Gasteiger partial charge in [0.1, 0.15) is 11.9 Å². The molecule has 1 aromatic carbocycles. The molecule has 1 aliphatic rings. The van der Waals surface area contributed by atoms with Crippen LogP contribution < -0.4 is 4.74 Å². The first-order chi connectivity index (χ1) is 9.69. The number of hydrogen-bond donors (Lipinski definition) is 1. The maximum Gasteiger partial charge on any atom is 0.137 e. The first-order valence-electron chi connectivity index (χ1n) is 6.39.